The van der Waals surface area contributed by atoms with E-state index in [-0.39, 0.29) is 30.3 Å². The smallest absolute Gasteiger partial charge is 0.268 e. The monoisotopic (exact) mass is 341 g/mol. The van der Waals surface area contributed by atoms with Crippen LogP contribution in [0.15, 0.2) is 30.3 Å². The average Bonchev–Trinajstić information content (AvgIpc) is 2.97. The Morgan fingerprint density at radius 3 is 2.76 bits per heavy atom. The van der Waals surface area contributed by atoms with Gasteiger partial charge in [-0.15, -0.1) is 0 Å². The van der Waals surface area contributed by atoms with Gasteiger partial charge in [0.05, 0.1) is 12.5 Å². The minimum Gasteiger partial charge on any atom is -0.349 e. The van der Waals surface area contributed by atoms with E-state index in [1.807, 2.05) is 41.9 Å². The van der Waals surface area contributed by atoms with E-state index in [0.29, 0.717) is 12.0 Å². The molecule has 0 radical (unpaired) electrons. The predicted octanol–water partition coefficient (Wildman–Crippen LogP) is 1.78. The van der Waals surface area contributed by atoms with Gasteiger partial charge in [-0.2, -0.15) is 0 Å². The first kappa shape index (κ1) is 17.2. The zero-order chi connectivity index (χ0) is 17.8. The van der Waals surface area contributed by atoms with Crippen molar-refractivity contribution >= 4 is 29.0 Å². The molecule has 6 heteroatoms. The molecule has 1 saturated carbocycles. The van der Waals surface area contributed by atoms with Crippen LogP contribution in [0.25, 0.3) is 10.9 Å². The maximum absolute atomic E-state index is 12.8. The third kappa shape index (κ3) is 3.57. The number of aryl methyl sites for hydroxylation is 1. The number of aromatic nitrogens is 1. The Kier molecular flexibility index (Phi) is 5.16. The van der Waals surface area contributed by atoms with Crippen molar-refractivity contribution in [2.45, 2.75) is 31.7 Å². The van der Waals surface area contributed by atoms with Crippen molar-refractivity contribution in [3.8, 4) is 0 Å². The normalized spacial score (nSPS) is 20.2. The first-order valence-corrected chi connectivity index (χ1v) is 8.68. The van der Waals surface area contributed by atoms with Crippen molar-refractivity contribution in [2.75, 3.05) is 6.54 Å². The van der Waals surface area contributed by atoms with E-state index in [4.69, 9.17) is 0 Å². The molecular formula is C19H23N3O3. The number of carbonyl (C=O) groups excluding carboxylic acids is 3. The molecule has 1 aromatic carbocycles. The Balaban J connectivity index is 1.76. The summed E-state index contributed by atoms with van der Waals surface area (Å²) in [5.74, 6) is -0.611. The topological polar surface area (TPSA) is 80.2 Å². The van der Waals surface area contributed by atoms with E-state index in [1.54, 1.807) is 0 Å². The Hall–Kier alpha value is -2.63. The summed E-state index contributed by atoms with van der Waals surface area (Å²) in [5, 5.41) is 6.66. The third-order valence-corrected chi connectivity index (χ3v) is 4.96. The summed E-state index contributed by atoms with van der Waals surface area (Å²) in [7, 11) is 1.87. The molecule has 1 aliphatic carbocycles. The minimum atomic E-state index is -0.285. The van der Waals surface area contributed by atoms with Gasteiger partial charge in [0.25, 0.3) is 5.91 Å². The van der Waals surface area contributed by atoms with Gasteiger partial charge in [-0.3, -0.25) is 9.59 Å². The Labute approximate surface area is 146 Å². The van der Waals surface area contributed by atoms with Crippen LogP contribution in [0, 0.1) is 5.92 Å². The fraction of sp³-hybridized carbons (Fsp3) is 0.421. The van der Waals surface area contributed by atoms with E-state index in [0.717, 1.165) is 36.6 Å². The zero-order valence-electron chi connectivity index (χ0n) is 14.3. The van der Waals surface area contributed by atoms with Gasteiger partial charge in [-0.25, -0.2) is 0 Å². The van der Waals surface area contributed by atoms with Crippen LogP contribution in [0.3, 0.4) is 0 Å². The highest BCUT2D eigenvalue weighted by atomic mass is 16.2. The summed E-state index contributed by atoms with van der Waals surface area (Å²) in [6.07, 6.45) is 4.11. The highest BCUT2D eigenvalue weighted by molar-refractivity contribution is 5.99. The lowest BCUT2D eigenvalue weighted by Gasteiger charge is -2.31. The van der Waals surface area contributed by atoms with Crippen LogP contribution in [-0.2, 0) is 16.6 Å². The summed E-state index contributed by atoms with van der Waals surface area (Å²) in [6, 6.07) is 9.50. The number of hydrogen-bond acceptors (Lipinski definition) is 3. The zero-order valence-corrected chi connectivity index (χ0v) is 14.3. The molecule has 2 atom stereocenters. The molecule has 2 amide bonds. The van der Waals surface area contributed by atoms with Gasteiger partial charge >= 0.3 is 0 Å². The molecule has 0 saturated heterocycles. The SMILES string of the molecule is Cn1c(C(=O)N[C@H]2CCCC[C@H]2C(=O)NCC=O)cc2ccccc21. The van der Waals surface area contributed by atoms with Gasteiger partial charge in [0.15, 0.2) is 0 Å². The van der Waals surface area contributed by atoms with E-state index in [1.165, 1.54) is 0 Å². The van der Waals surface area contributed by atoms with Gasteiger partial charge < -0.3 is 20.0 Å². The first-order valence-electron chi connectivity index (χ1n) is 8.68. The van der Waals surface area contributed by atoms with Gasteiger partial charge in [-0.05, 0) is 25.0 Å². The molecule has 25 heavy (non-hydrogen) atoms. The number of nitrogens with one attached hydrogen (secondary N) is 2. The number of rotatable bonds is 5. The summed E-state index contributed by atoms with van der Waals surface area (Å²) < 4.78 is 1.87. The molecule has 2 aromatic rings. The largest absolute Gasteiger partial charge is 0.349 e. The third-order valence-electron chi connectivity index (χ3n) is 4.96. The van der Waals surface area contributed by atoms with Gasteiger partial charge in [0.2, 0.25) is 5.91 Å². The molecule has 0 aliphatic heterocycles. The van der Waals surface area contributed by atoms with Gasteiger partial charge in [0.1, 0.15) is 12.0 Å². The predicted molar refractivity (Wildman–Crippen MR) is 95.2 cm³/mol. The molecule has 0 bridgehead atoms. The minimum absolute atomic E-state index is 0.0131. The number of hydrogen-bond donors (Lipinski definition) is 2. The molecule has 1 heterocycles. The van der Waals surface area contributed by atoms with Crippen molar-refractivity contribution in [3.05, 3.63) is 36.0 Å². The number of fused-ring (bicyclic) bond motifs is 1. The molecule has 132 valence electrons. The molecule has 0 spiro atoms. The van der Waals surface area contributed by atoms with Crippen LogP contribution >= 0.6 is 0 Å². The van der Waals surface area contributed by atoms with Crippen LogP contribution in [0.2, 0.25) is 0 Å². The summed E-state index contributed by atoms with van der Waals surface area (Å²) in [5.41, 5.74) is 1.58. The fourth-order valence-electron chi connectivity index (χ4n) is 3.64. The number of carbonyl (C=O) groups is 3. The Bertz CT molecular complexity index is 796. The quantitative estimate of drug-likeness (QED) is 0.814. The van der Waals surface area contributed by atoms with E-state index >= 15 is 0 Å². The highest BCUT2D eigenvalue weighted by Gasteiger charge is 2.32. The number of benzene rings is 1. The van der Waals surface area contributed by atoms with Crippen LogP contribution in [-0.4, -0.2) is 35.3 Å². The summed E-state index contributed by atoms with van der Waals surface area (Å²) >= 11 is 0. The maximum Gasteiger partial charge on any atom is 0.268 e. The second-order valence-corrected chi connectivity index (χ2v) is 6.53. The van der Waals surface area contributed by atoms with E-state index in [9.17, 15) is 14.4 Å². The molecule has 2 N–H and O–H groups in total. The summed E-state index contributed by atoms with van der Waals surface area (Å²) in [4.78, 5) is 35.5. The van der Waals surface area contributed by atoms with Crippen LogP contribution < -0.4 is 10.6 Å². The molecular weight excluding hydrogens is 318 g/mol. The number of amides is 2. The van der Waals surface area contributed by atoms with Crippen LogP contribution in [0.4, 0.5) is 0 Å². The fourth-order valence-corrected chi connectivity index (χ4v) is 3.64. The van der Waals surface area contributed by atoms with Crippen molar-refractivity contribution < 1.29 is 14.4 Å². The second kappa shape index (κ2) is 7.51. The van der Waals surface area contributed by atoms with E-state index in [2.05, 4.69) is 10.6 Å². The molecule has 1 aromatic heterocycles. The maximum atomic E-state index is 12.8. The Morgan fingerprint density at radius 1 is 1.24 bits per heavy atom. The highest BCUT2D eigenvalue weighted by Crippen LogP contribution is 2.25. The van der Waals surface area contributed by atoms with Crippen molar-refractivity contribution in [1.29, 1.82) is 0 Å². The van der Waals surface area contributed by atoms with Gasteiger partial charge in [-0.1, -0.05) is 31.0 Å². The lowest BCUT2D eigenvalue weighted by Crippen LogP contribution is -2.48. The Morgan fingerprint density at radius 2 is 2.00 bits per heavy atom. The number of aldehydes is 1. The lowest BCUT2D eigenvalue weighted by atomic mass is 9.83. The van der Waals surface area contributed by atoms with Crippen LogP contribution in [0.5, 0.6) is 0 Å². The second-order valence-electron chi connectivity index (χ2n) is 6.53. The summed E-state index contributed by atoms with van der Waals surface area (Å²) in [6.45, 7) is 0.0131. The van der Waals surface area contributed by atoms with Crippen molar-refractivity contribution in [2.24, 2.45) is 13.0 Å². The van der Waals surface area contributed by atoms with E-state index < -0.39 is 0 Å². The number of nitrogens with zero attached hydrogens (tertiary/aromatic N) is 1. The molecule has 6 nitrogen and oxygen atoms in total. The van der Waals surface area contributed by atoms with Crippen molar-refractivity contribution in [1.82, 2.24) is 15.2 Å². The van der Waals surface area contributed by atoms with Gasteiger partial charge in [0, 0.05) is 24.0 Å². The standard InChI is InChI=1S/C19H23N3O3/c1-22-16-9-5-2-6-13(16)12-17(22)19(25)21-15-8-4-3-7-14(15)18(24)20-10-11-23/h2,5-6,9,11-12,14-15H,3-4,7-8,10H2,1H3,(H,20,24)(H,21,25)/t14-,15+/m1/s1. The number of para-hydroxylation sites is 1. The first-order chi connectivity index (χ1) is 12.1. The molecule has 1 aliphatic rings. The van der Waals surface area contributed by atoms with Crippen LogP contribution in [0.1, 0.15) is 36.2 Å². The van der Waals surface area contributed by atoms with Crippen molar-refractivity contribution in [3.63, 3.8) is 0 Å². The lowest BCUT2D eigenvalue weighted by molar-refractivity contribution is -0.127. The average molecular weight is 341 g/mol. The molecule has 1 fully saturated rings. The molecule has 0 unspecified atom stereocenters. The molecule has 3 rings (SSSR count).